The molecule has 21 heavy (non-hydrogen) atoms. The summed E-state index contributed by atoms with van der Waals surface area (Å²) in [5.41, 5.74) is 1.14. The lowest BCUT2D eigenvalue weighted by Gasteiger charge is -2.14. The van der Waals surface area contributed by atoms with Crippen LogP contribution in [-0.2, 0) is 0 Å². The van der Waals surface area contributed by atoms with Crippen LogP contribution >= 0.6 is 15.9 Å². The molecule has 1 heterocycles. The summed E-state index contributed by atoms with van der Waals surface area (Å²) in [6.45, 7) is 5.12. The monoisotopic (exact) mass is 350 g/mol. The Morgan fingerprint density at radius 2 is 2.10 bits per heavy atom. The van der Waals surface area contributed by atoms with Crippen molar-refractivity contribution < 1.29 is 9.47 Å². The highest BCUT2D eigenvalue weighted by Gasteiger charge is 2.08. The first-order valence-corrected chi connectivity index (χ1v) is 7.64. The Labute approximate surface area is 133 Å². The van der Waals surface area contributed by atoms with Crippen LogP contribution in [0.4, 0.5) is 0 Å². The number of rotatable bonds is 6. The van der Waals surface area contributed by atoms with E-state index in [1.165, 1.54) is 0 Å². The normalized spacial score (nSPS) is 12.0. The highest BCUT2D eigenvalue weighted by molar-refractivity contribution is 9.10. The molecule has 4 nitrogen and oxygen atoms in total. The highest BCUT2D eigenvalue weighted by atomic mass is 79.9. The van der Waals surface area contributed by atoms with Gasteiger partial charge in [0.1, 0.15) is 11.5 Å². The summed E-state index contributed by atoms with van der Waals surface area (Å²) in [5.74, 6) is 2.05. The number of benzene rings is 1. The van der Waals surface area contributed by atoms with E-state index in [1.807, 2.05) is 30.3 Å². The summed E-state index contributed by atoms with van der Waals surface area (Å²) < 4.78 is 11.8. The second-order valence-electron chi connectivity index (χ2n) is 4.61. The van der Waals surface area contributed by atoms with Gasteiger partial charge in [0.2, 0.25) is 5.88 Å². The van der Waals surface area contributed by atoms with E-state index in [4.69, 9.17) is 9.47 Å². The minimum absolute atomic E-state index is 0.264. The van der Waals surface area contributed by atoms with Crippen LogP contribution in [0.1, 0.15) is 25.5 Å². The maximum atomic E-state index is 5.84. The summed E-state index contributed by atoms with van der Waals surface area (Å²) in [6, 6.07) is 9.77. The van der Waals surface area contributed by atoms with Gasteiger partial charge in [0, 0.05) is 18.3 Å². The van der Waals surface area contributed by atoms with Crippen molar-refractivity contribution in [1.82, 2.24) is 10.3 Å². The van der Waals surface area contributed by atoms with Crippen LogP contribution in [0.25, 0.3) is 0 Å². The number of methoxy groups -OCH3 is 1. The molecule has 0 aliphatic heterocycles. The Morgan fingerprint density at radius 1 is 1.29 bits per heavy atom. The summed E-state index contributed by atoms with van der Waals surface area (Å²) in [7, 11) is 1.63. The molecule has 2 aromatic rings. The van der Waals surface area contributed by atoms with Gasteiger partial charge < -0.3 is 14.8 Å². The Balaban J connectivity index is 2.18. The van der Waals surface area contributed by atoms with Gasteiger partial charge in [-0.3, -0.25) is 0 Å². The lowest BCUT2D eigenvalue weighted by atomic mass is 10.1. The topological polar surface area (TPSA) is 43.4 Å². The second-order valence-corrected chi connectivity index (χ2v) is 5.46. The molecule has 0 aliphatic rings. The maximum Gasteiger partial charge on any atom is 0.219 e. The molecular weight excluding hydrogens is 332 g/mol. The molecule has 0 saturated carbocycles. The van der Waals surface area contributed by atoms with Crippen LogP contribution < -0.4 is 14.8 Å². The number of nitrogens with one attached hydrogen (secondary N) is 1. The fraction of sp³-hybridized carbons (Fsp3) is 0.312. The van der Waals surface area contributed by atoms with Crippen molar-refractivity contribution in [2.75, 3.05) is 13.7 Å². The average Bonchev–Trinajstić information content (AvgIpc) is 2.50. The Morgan fingerprint density at radius 3 is 2.76 bits per heavy atom. The molecule has 1 unspecified atom stereocenters. The van der Waals surface area contributed by atoms with Crippen LogP contribution in [0.5, 0.6) is 17.4 Å². The van der Waals surface area contributed by atoms with E-state index in [9.17, 15) is 0 Å². The summed E-state index contributed by atoms with van der Waals surface area (Å²) in [4.78, 5) is 4.26. The summed E-state index contributed by atoms with van der Waals surface area (Å²) in [5, 5.41) is 3.37. The van der Waals surface area contributed by atoms with Crippen LogP contribution in [0.15, 0.2) is 41.0 Å². The third-order valence-corrected chi connectivity index (χ3v) is 3.74. The van der Waals surface area contributed by atoms with Gasteiger partial charge in [-0.1, -0.05) is 6.92 Å². The van der Waals surface area contributed by atoms with Gasteiger partial charge in [0.05, 0.1) is 11.6 Å². The molecule has 0 fully saturated rings. The number of hydrogen-bond acceptors (Lipinski definition) is 4. The number of aromatic nitrogens is 1. The first-order valence-electron chi connectivity index (χ1n) is 6.84. The number of hydrogen-bond donors (Lipinski definition) is 1. The molecular formula is C16H19BrN2O2. The molecule has 0 amide bonds. The molecule has 1 N–H and O–H groups in total. The van der Waals surface area contributed by atoms with Crippen molar-refractivity contribution in [3.05, 3.63) is 46.6 Å². The number of nitrogens with zero attached hydrogens (tertiary/aromatic N) is 1. The van der Waals surface area contributed by atoms with E-state index in [0.29, 0.717) is 11.6 Å². The van der Waals surface area contributed by atoms with Crippen molar-refractivity contribution in [3.8, 4) is 17.4 Å². The molecule has 0 radical (unpaired) electrons. The Kier molecular flexibility index (Phi) is 5.59. The number of pyridine rings is 1. The fourth-order valence-electron chi connectivity index (χ4n) is 1.98. The molecule has 112 valence electrons. The smallest absolute Gasteiger partial charge is 0.219 e. The van der Waals surface area contributed by atoms with E-state index in [2.05, 4.69) is 40.1 Å². The standard InChI is InChI=1S/C16H19BrN2O2/c1-4-18-11(2)12-7-8-19-16(9-12)21-15-6-5-13(20-3)10-14(15)17/h5-11,18H,4H2,1-3H3. The molecule has 1 aromatic carbocycles. The highest BCUT2D eigenvalue weighted by Crippen LogP contribution is 2.32. The third kappa shape index (κ3) is 4.19. The summed E-state index contributed by atoms with van der Waals surface area (Å²) in [6.07, 6.45) is 1.76. The molecule has 1 atom stereocenters. The van der Waals surface area contributed by atoms with Crippen LogP contribution in [0, 0.1) is 0 Å². The Bertz CT molecular complexity index is 605. The van der Waals surface area contributed by atoms with E-state index in [1.54, 1.807) is 13.3 Å². The van der Waals surface area contributed by atoms with E-state index in [-0.39, 0.29) is 6.04 Å². The van der Waals surface area contributed by atoms with E-state index >= 15 is 0 Å². The fourth-order valence-corrected chi connectivity index (χ4v) is 2.42. The molecule has 1 aromatic heterocycles. The minimum atomic E-state index is 0.264. The van der Waals surface area contributed by atoms with Gasteiger partial charge >= 0.3 is 0 Å². The van der Waals surface area contributed by atoms with Gasteiger partial charge in [-0.05, 0) is 59.2 Å². The van der Waals surface area contributed by atoms with Crippen LogP contribution in [0.3, 0.4) is 0 Å². The van der Waals surface area contributed by atoms with Crippen LogP contribution in [-0.4, -0.2) is 18.6 Å². The average molecular weight is 351 g/mol. The predicted octanol–water partition coefficient (Wildman–Crippen LogP) is 4.32. The van der Waals surface area contributed by atoms with Gasteiger partial charge in [-0.2, -0.15) is 0 Å². The zero-order valence-corrected chi connectivity index (χ0v) is 14.0. The van der Waals surface area contributed by atoms with Crippen molar-refractivity contribution in [3.63, 3.8) is 0 Å². The molecule has 0 saturated heterocycles. The van der Waals surface area contributed by atoms with Crippen molar-refractivity contribution in [1.29, 1.82) is 0 Å². The molecule has 0 bridgehead atoms. The first-order chi connectivity index (χ1) is 10.1. The van der Waals surface area contributed by atoms with Crippen molar-refractivity contribution in [2.45, 2.75) is 19.9 Å². The van der Waals surface area contributed by atoms with Gasteiger partial charge in [-0.15, -0.1) is 0 Å². The zero-order chi connectivity index (χ0) is 15.2. The largest absolute Gasteiger partial charge is 0.497 e. The zero-order valence-electron chi connectivity index (χ0n) is 12.4. The van der Waals surface area contributed by atoms with E-state index in [0.717, 1.165) is 22.3 Å². The van der Waals surface area contributed by atoms with Crippen LogP contribution in [0.2, 0.25) is 0 Å². The SMILES string of the molecule is CCNC(C)c1ccnc(Oc2ccc(OC)cc2Br)c1. The van der Waals surface area contributed by atoms with E-state index < -0.39 is 0 Å². The van der Waals surface area contributed by atoms with Crippen molar-refractivity contribution in [2.24, 2.45) is 0 Å². The quantitative estimate of drug-likeness (QED) is 0.842. The molecule has 5 heteroatoms. The minimum Gasteiger partial charge on any atom is -0.497 e. The second kappa shape index (κ2) is 7.43. The Hall–Kier alpha value is -1.59. The third-order valence-electron chi connectivity index (χ3n) is 3.12. The van der Waals surface area contributed by atoms with Gasteiger partial charge in [0.25, 0.3) is 0 Å². The first kappa shape index (κ1) is 15.8. The lowest BCUT2D eigenvalue weighted by Crippen LogP contribution is -2.17. The molecule has 2 rings (SSSR count). The molecule has 0 aliphatic carbocycles. The number of halogens is 1. The predicted molar refractivity (Wildman–Crippen MR) is 87.1 cm³/mol. The lowest BCUT2D eigenvalue weighted by molar-refractivity contribution is 0.411. The van der Waals surface area contributed by atoms with Gasteiger partial charge in [0.15, 0.2) is 0 Å². The summed E-state index contributed by atoms with van der Waals surface area (Å²) >= 11 is 3.47. The molecule has 0 spiro atoms. The van der Waals surface area contributed by atoms with Crippen molar-refractivity contribution >= 4 is 15.9 Å². The maximum absolute atomic E-state index is 5.84. The van der Waals surface area contributed by atoms with Gasteiger partial charge in [-0.25, -0.2) is 4.98 Å². The number of ether oxygens (including phenoxy) is 2.